The molecule has 0 saturated heterocycles. The predicted molar refractivity (Wildman–Crippen MR) is 125 cm³/mol. The van der Waals surface area contributed by atoms with Crippen LogP contribution in [0.4, 0.5) is 0 Å². The number of hydrogen-bond acceptors (Lipinski definition) is 4. The van der Waals surface area contributed by atoms with E-state index in [1.165, 1.54) is 21.2 Å². The van der Waals surface area contributed by atoms with E-state index in [4.69, 9.17) is 0 Å². The van der Waals surface area contributed by atoms with Crippen LogP contribution in [-0.2, 0) is 17.8 Å². The van der Waals surface area contributed by atoms with Gasteiger partial charge in [0, 0.05) is 25.2 Å². The summed E-state index contributed by atoms with van der Waals surface area (Å²) in [6.45, 7) is 3.92. The zero-order valence-corrected chi connectivity index (χ0v) is 19.6. The number of likely N-dealkylation sites (N-methyl/N-ethyl adjacent to an activating group) is 1. The van der Waals surface area contributed by atoms with Crippen LogP contribution in [0.15, 0.2) is 36.4 Å². The average Bonchev–Trinajstić information content (AvgIpc) is 3.47. The van der Waals surface area contributed by atoms with Crippen molar-refractivity contribution in [1.82, 2.24) is 25.3 Å². The van der Waals surface area contributed by atoms with E-state index in [9.17, 15) is 14.4 Å². The van der Waals surface area contributed by atoms with Gasteiger partial charge in [0.15, 0.2) is 5.69 Å². The Balaban J connectivity index is 1.42. The Hall–Kier alpha value is -3.16. The summed E-state index contributed by atoms with van der Waals surface area (Å²) < 4.78 is 1.50. The van der Waals surface area contributed by atoms with Crippen molar-refractivity contribution in [2.75, 3.05) is 7.05 Å². The molecule has 1 aromatic heterocycles. The molecule has 1 aliphatic carbocycles. The van der Waals surface area contributed by atoms with Gasteiger partial charge < -0.3 is 15.5 Å². The molecule has 0 spiro atoms. The van der Waals surface area contributed by atoms with Crippen molar-refractivity contribution < 1.29 is 14.4 Å². The molecular formula is C25H33N5O3. The molecule has 8 nitrogen and oxygen atoms in total. The van der Waals surface area contributed by atoms with Crippen molar-refractivity contribution in [2.24, 2.45) is 0 Å². The van der Waals surface area contributed by atoms with Gasteiger partial charge in [-0.05, 0) is 45.1 Å². The average molecular weight is 452 g/mol. The molecule has 0 unspecified atom stereocenters. The minimum atomic E-state index is -1.06. The molecule has 2 heterocycles. The smallest absolute Gasteiger partial charge is 0.272 e. The Morgan fingerprint density at radius 2 is 1.91 bits per heavy atom. The molecule has 176 valence electrons. The first-order valence-corrected chi connectivity index (χ1v) is 11.8. The molecule has 2 atom stereocenters. The van der Waals surface area contributed by atoms with Crippen LogP contribution >= 0.6 is 0 Å². The molecule has 1 aromatic carbocycles. The van der Waals surface area contributed by atoms with E-state index in [1.54, 1.807) is 14.0 Å². The highest BCUT2D eigenvalue weighted by atomic mass is 16.2. The first-order chi connectivity index (χ1) is 15.8. The normalized spacial score (nSPS) is 21.5. The van der Waals surface area contributed by atoms with Crippen LogP contribution in [0, 0.1) is 0 Å². The second kappa shape index (κ2) is 9.37. The molecule has 1 aliphatic heterocycles. The maximum atomic E-state index is 13.1. The monoisotopic (exact) mass is 451 g/mol. The first kappa shape index (κ1) is 23.0. The molecule has 2 aliphatic rings. The molecule has 8 heteroatoms. The minimum Gasteiger partial charge on any atom is -0.351 e. The van der Waals surface area contributed by atoms with Gasteiger partial charge in [-0.2, -0.15) is 5.10 Å². The summed E-state index contributed by atoms with van der Waals surface area (Å²) in [6, 6.07) is 11.8. The van der Waals surface area contributed by atoms with Crippen LogP contribution in [0.1, 0.15) is 72.5 Å². The Morgan fingerprint density at radius 3 is 2.61 bits per heavy atom. The van der Waals surface area contributed by atoms with Crippen LogP contribution in [0.3, 0.4) is 0 Å². The number of rotatable bonds is 7. The van der Waals surface area contributed by atoms with Gasteiger partial charge in [0.25, 0.3) is 11.8 Å². The van der Waals surface area contributed by atoms with Crippen molar-refractivity contribution in [1.29, 1.82) is 0 Å². The zero-order valence-electron chi connectivity index (χ0n) is 19.6. The van der Waals surface area contributed by atoms with Gasteiger partial charge in [0.05, 0.1) is 6.54 Å². The van der Waals surface area contributed by atoms with Crippen molar-refractivity contribution in [3.63, 3.8) is 0 Å². The van der Waals surface area contributed by atoms with Crippen molar-refractivity contribution in [2.45, 2.75) is 76.5 Å². The van der Waals surface area contributed by atoms with E-state index < -0.39 is 5.54 Å². The van der Waals surface area contributed by atoms with Crippen LogP contribution in [0.5, 0.6) is 0 Å². The van der Waals surface area contributed by atoms with Crippen molar-refractivity contribution >= 4 is 17.7 Å². The number of aromatic nitrogens is 2. The fourth-order valence-electron chi connectivity index (χ4n) is 4.65. The lowest BCUT2D eigenvalue weighted by molar-refractivity contribution is -0.133. The number of nitrogens with one attached hydrogen (secondary N) is 2. The van der Waals surface area contributed by atoms with Gasteiger partial charge in [0.1, 0.15) is 11.2 Å². The molecule has 33 heavy (non-hydrogen) atoms. The topological polar surface area (TPSA) is 96.3 Å². The summed E-state index contributed by atoms with van der Waals surface area (Å²) in [4.78, 5) is 40.4. The molecule has 4 rings (SSSR count). The summed E-state index contributed by atoms with van der Waals surface area (Å²) in [5, 5.41) is 10.5. The lowest BCUT2D eigenvalue weighted by atomic mass is 9.95. The number of hydrogen-bond donors (Lipinski definition) is 2. The largest absolute Gasteiger partial charge is 0.351 e. The maximum absolute atomic E-state index is 13.1. The predicted octanol–water partition coefficient (Wildman–Crippen LogP) is 2.54. The number of aryl methyl sites for hydroxylation is 1. The Bertz CT molecular complexity index is 1030. The molecule has 1 saturated carbocycles. The summed E-state index contributed by atoms with van der Waals surface area (Å²) >= 11 is 0. The zero-order chi connectivity index (χ0) is 23.6. The van der Waals surface area contributed by atoms with Crippen LogP contribution < -0.4 is 10.6 Å². The highest BCUT2D eigenvalue weighted by Crippen LogP contribution is 2.27. The molecular weight excluding hydrogens is 418 g/mol. The lowest BCUT2D eigenvalue weighted by Gasteiger charge is -2.41. The van der Waals surface area contributed by atoms with Crippen molar-refractivity contribution in [3.8, 4) is 0 Å². The van der Waals surface area contributed by atoms with Gasteiger partial charge in [0.2, 0.25) is 5.91 Å². The van der Waals surface area contributed by atoms with Gasteiger partial charge in [-0.1, -0.05) is 43.2 Å². The Morgan fingerprint density at radius 1 is 1.21 bits per heavy atom. The summed E-state index contributed by atoms with van der Waals surface area (Å²) in [5.41, 5.74) is 0.680. The Kier molecular flexibility index (Phi) is 6.54. The van der Waals surface area contributed by atoms with Gasteiger partial charge in [-0.25, -0.2) is 0 Å². The third kappa shape index (κ3) is 4.79. The number of carbonyl (C=O) groups excluding carboxylic acids is 3. The van der Waals surface area contributed by atoms with Gasteiger partial charge in [-0.3, -0.25) is 19.1 Å². The number of amides is 3. The van der Waals surface area contributed by atoms with E-state index in [0.29, 0.717) is 5.69 Å². The summed E-state index contributed by atoms with van der Waals surface area (Å²) in [5.74, 6) is -0.800. The fourth-order valence-corrected chi connectivity index (χ4v) is 4.65. The molecule has 0 bridgehead atoms. The lowest BCUT2D eigenvalue weighted by Crippen LogP contribution is -2.63. The van der Waals surface area contributed by atoms with Crippen LogP contribution in [-0.4, -0.2) is 57.1 Å². The van der Waals surface area contributed by atoms with Crippen LogP contribution in [0.25, 0.3) is 0 Å². The third-order valence-electron chi connectivity index (χ3n) is 7.00. The molecule has 3 amide bonds. The second-order valence-corrected chi connectivity index (χ2v) is 9.56. The number of carbonyl (C=O) groups is 3. The van der Waals surface area contributed by atoms with Gasteiger partial charge in [-0.15, -0.1) is 0 Å². The summed E-state index contributed by atoms with van der Waals surface area (Å²) in [6.07, 6.45) is 5.83. The second-order valence-electron chi connectivity index (χ2n) is 9.56. The van der Waals surface area contributed by atoms with E-state index in [2.05, 4.69) is 27.9 Å². The first-order valence-electron chi connectivity index (χ1n) is 11.8. The maximum Gasteiger partial charge on any atom is 0.272 e. The quantitative estimate of drug-likeness (QED) is 0.676. The van der Waals surface area contributed by atoms with E-state index in [-0.39, 0.29) is 42.0 Å². The summed E-state index contributed by atoms with van der Waals surface area (Å²) in [7, 11) is 1.64. The van der Waals surface area contributed by atoms with E-state index in [1.807, 2.05) is 25.1 Å². The van der Waals surface area contributed by atoms with Gasteiger partial charge >= 0.3 is 0 Å². The molecule has 2 N–H and O–H groups in total. The number of benzene rings is 1. The number of nitrogens with zero attached hydrogens (tertiary/aromatic N) is 3. The SMILES string of the molecule is C[C@H](CCc1ccccc1)NC(=O)c1cc2n(n1)C[C@@](C)(C(=O)NC1CCCC1)N(C)C2=O. The number of fused-ring (bicyclic) bond motifs is 1. The molecule has 0 radical (unpaired) electrons. The van der Waals surface area contributed by atoms with E-state index in [0.717, 1.165) is 38.5 Å². The molecule has 1 fully saturated rings. The highest BCUT2D eigenvalue weighted by molar-refractivity contribution is 6.01. The minimum absolute atomic E-state index is 0.0442. The third-order valence-corrected chi connectivity index (χ3v) is 7.00. The van der Waals surface area contributed by atoms with E-state index >= 15 is 0 Å². The van der Waals surface area contributed by atoms with Crippen LogP contribution in [0.2, 0.25) is 0 Å². The highest BCUT2D eigenvalue weighted by Gasteiger charge is 2.46. The molecule has 2 aromatic rings. The fraction of sp³-hybridized carbons (Fsp3) is 0.520. The Labute approximate surface area is 194 Å². The van der Waals surface area contributed by atoms with Crippen molar-refractivity contribution in [3.05, 3.63) is 53.3 Å². The standard InChI is InChI=1S/C25H33N5O3/c1-17(13-14-18-9-5-4-6-10-18)26-22(31)20-15-21-23(32)29(3)25(2,16-30(21)28-20)24(33)27-19-11-7-8-12-19/h4-6,9-10,15,17,19H,7-8,11-14,16H2,1-3H3,(H,26,31)(H,27,33)/t17-,25+/m1/s1.